The summed E-state index contributed by atoms with van der Waals surface area (Å²) in [5.41, 5.74) is 0. The molecule has 0 unspecified atom stereocenters. The average molecular weight is 378 g/mol. The summed E-state index contributed by atoms with van der Waals surface area (Å²) >= 11 is 0. The van der Waals surface area contributed by atoms with Crippen LogP contribution in [0.3, 0.4) is 0 Å². The molecule has 0 fully saturated rings. The Bertz CT molecular complexity index is 319. The van der Waals surface area contributed by atoms with Gasteiger partial charge in [0.1, 0.15) is 0 Å². The Hall–Kier alpha value is -0.380. The smallest absolute Gasteiger partial charge is 0.313 e. The van der Waals surface area contributed by atoms with Crippen LogP contribution in [0, 0.1) is 0 Å². The van der Waals surface area contributed by atoms with Gasteiger partial charge in [-0.25, -0.2) is 9.13 Å². The monoisotopic (exact) mass is 378 g/mol. The lowest BCUT2D eigenvalue weighted by Crippen LogP contribution is -2.17. The molecule has 0 aliphatic heterocycles. The second-order valence-corrected chi connectivity index (χ2v) is 6.13. The molecular formula is C11H28N2O8P2. The van der Waals surface area contributed by atoms with E-state index in [4.69, 9.17) is 38.5 Å². The molecule has 0 aromatic carbocycles. The number of hydrogen-bond acceptors (Lipinski definition) is 4. The Morgan fingerprint density at radius 3 is 1.17 bits per heavy atom. The van der Waals surface area contributed by atoms with Crippen LogP contribution in [-0.4, -0.2) is 55.5 Å². The van der Waals surface area contributed by atoms with Gasteiger partial charge >= 0.3 is 15.6 Å². The molecule has 0 rings (SSSR count). The van der Waals surface area contributed by atoms with Crippen LogP contribution in [0.2, 0.25) is 0 Å². The fraction of sp³-hybridized carbons (Fsp3) is 0.636. The van der Waals surface area contributed by atoms with Crippen molar-refractivity contribution in [3.05, 3.63) is 25.3 Å². The van der Waals surface area contributed by atoms with Gasteiger partial charge in [0, 0.05) is 13.1 Å². The van der Waals surface area contributed by atoms with Gasteiger partial charge in [-0.3, -0.25) is 0 Å². The molecule has 140 valence electrons. The van der Waals surface area contributed by atoms with Crippen molar-refractivity contribution in [1.82, 2.24) is 10.6 Å². The van der Waals surface area contributed by atoms with E-state index < -0.39 is 15.6 Å². The average Bonchev–Trinajstić information content (AvgIpc) is 2.33. The Morgan fingerprint density at radius 2 is 0.957 bits per heavy atom. The zero-order valence-electron chi connectivity index (χ0n) is 12.9. The van der Waals surface area contributed by atoms with E-state index in [1.54, 1.807) is 0 Å². The van der Waals surface area contributed by atoms with Gasteiger partial charge in [-0.1, -0.05) is 18.6 Å². The van der Waals surface area contributed by atoms with Crippen molar-refractivity contribution in [1.29, 1.82) is 0 Å². The van der Waals surface area contributed by atoms with E-state index >= 15 is 0 Å². The molecule has 0 saturated heterocycles. The lowest BCUT2D eigenvalue weighted by atomic mass is 10.2. The molecule has 0 aromatic rings. The number of phosphoric acid groups is 2. The van der Waals surface area contributed by atoms with E-state index in [1.807, 2.05) is 12.2 Å². The van der Waals surface area contributed by atoms with Crippen LogP contribution in [-0.2, 0) is 9.13 Å². The highest BCUT2D eigenvalue weighted by molar-refractivity contribution is 7.45. The van der Waals surface area contributed by atoms with Crippen LogP contribution in [0.4, 0.5) is 0 Å². The molecule has 0 aliphatic carbocycles. The second kappa shape index (κ2) is 18.0. The van der Waals surface area contributed by atoms with E-state index in [2.05, 4.69) is 23.8 Å². The number of hydrogen-bond donors (Lipinski definition) is 8. The van der Waals surface area contributed by atoms with Crippen LogP contribution in [0.5, 0.6) is 0 Å². The van der Waals surface area contributed by atoms with E-state index in [9.17, 15) is 0 Å². The van der Waals surface area contributed by atoms with Crippen LogP contribution in [0.25, 0.3) is 0 Å². The lowest BCUT2D eigenvalue weighted by Gasteiger charge is -2.02. The summed E-state index contributed by atoms with van der Waals surface area (Å²) in [6, 6.07) is 0. The minimum atomic E-state index is -4.64. The Kier molecular flexibility index (Phi) is 21.5. The quantitative estimate of drug-likeness (QED) is 0.145. The molecule has 12 heteroatoms. The topological polar surface area (TPSA) is 180 Å². The van der Waals surface area contributed by atoms with Crippen molar-refractivity contribution in [2.75, 3.05) is 26.2 Å². The highest BCUT2D eigenvalue weighted by Gasteiger charge is 2.00. The molecule has 8 N–H and O–H groups in total. The molecule has 0 bridgehead atoms. The third-order valence-corrected chi connectivity index (χ3v) is 1.78. The maximum absolute atomic E-state index is 8.88. The van der Waals surface area contributed by atoms with Crippen LogP contribution >= 0.6 is 15.6 Å². The molecule has 0 heterocycles. The number of unbranched alkanes of at least 4 members (excludes halogenated alkanes) is 2. The summed E-state index contributed by atoms with van der Waals surface area (Å²) < 4.78 is 17.8. The van der Waals surface area contributed by atoms with Gasteiger partial charge in [0.25, 0.3) is 0 Å². The zero-order valence-corrected chi connectivity index (χ0v) is 14.7. The second-order valence-electron chi connectivity index (χ2n) is 4.07. The molecule has 0 spiro atoms. The van der Waals surface area contributed by atoms with E-state index in [0.29, 0.717) is 0 Å². The van der Waals surface area contributed by atoms with Gasteiger partial charge in [0.15, 0.2) is 0 Å². The summed E-state index contributed by atoms with van der Waals surface area (Å²) in [4.78, 5) is 43.1. The van der Waals surface area contributed by atoms with Crippen molar-refractivity contribution in [3.8, 4) is 0 Å². The van der Waals surface area contributed by atoms with E-state index in [0.717, 1.165) is 26.2 Å². The summed E-state index contributed by atoms with van der Waals surface area (Å²) in [5.74, 6) is 0. The van der Waals surface area contributed by atoms with Crippen LogP contribution in [0.15, 0.2) is 25.3 Å². The van der Waals surface area contributed by atoms with Gasteiger partial charge in [-0.2, -0.15) is 0 Å². The molecule has 0 radical (unpaired) electrons. The predicted molar refractivity (Wildman–Crippen MR) is 88.5 cm³/mol. The molecule has 0 aliphatic rings. The van der Waals surface area contributed by atoms with Crippen LogP contribution < -0.4 is 10.6 Å². The van der Waals surface area contributed by atoms with Crippen molar-refractivity contribution in [2.45, 2.75) is 19.3 Å². The van der Waals surface area contributed by atoms with Gasteiger partial charge in [0.05, 0.1) is 0 Å². The molecular weight excluding hydrogens is 350 g/mol. The summed E-state index contributed by atoms with van der Waals surface area (Å²) in [6.45, 7) is 11.4. The highest BCUT2D eigenvalue weighted by atomic mass is 31.2. The van der Waals surface area contributed by atoms with E-state index in [1.165, 1.54) is 19.3 Å². The standard InChI is InChI=1S/C11H22N2.2H3O4P/c1-3-8-12-10-6-5-7-11-13-9-4-2;2*1-5(2,3)4/h3-4,12-13H,1-2,5-11H2;2*(H3,1,2,3,4). The first-order chi connectivity index (χ1) is 10.4. The fourth-order valence-electron chi connectivity index (χ4n) is 1.09. The predicted octanol–water partition coefficient (Wildman–Crippen LogP) is -0.149. The maximum atomic E-state index is 8.88. The molecule has 23 heavy (non-hydrogen) atoms. The first-order valence-corrected chi connectivity index (χ1v) is 9.74. The minimum absolute atomic E-state index is 0.925. The molecule has 0 atom stereocenters. The lowest BCUT2D eigenvalue weighted by molar-refractivity contribution is 0.272. The van der Waals surface area contributed by atoms with Crippen molar-refractivity contribution in [2.24, 2.45) is 0 Å². The van der Waals surface area contributed by atoms with Gasteiger partial charge in [-0.05, 0) is 25.9 Å². The van der Waals surface area contributed by atoms with E-state index in [-0.39, 0.29) is 0 Å². The molecule has 0 saturated carbocycles. The van der Waals surface area contributed by atoms with Gasteiger partial charge in [-0.15, -0.1) is 13.2 Å². The normalized spacial score (nSPS) is 10.7. The first kappa shape index (κ1) is 27.5. The molecule has 0 aromatic heterocycles. The largest absolute Gasteiger partial charge is 0.466 e. The highest BCUT2D eigenvalue weighted by Crippen LogP contribution is 2.26. The summed E-state index contributed by atoms with van der Waals surface area (Å²) in [5, 5.41) is 6.56. The van der Waals surface area contributed by atoms with Crippen LogP contribution in [0.1, 0.15) is 19.3 Å². The van der Waals surface area contributed by atoms with Crippen molar-refractivity contribution >= 4 is 15.6 Å². The minimum Gasteiger partial charge on any atom is -0.313 e. The van der Waals surface area contributed by atoms with Crippen molar-refractivity contribution in [3.63, 3.8) is 0 Å². The Balaban J connectivity index is -0.000000329. The molecule has 0 amide bonds. The van der Waals surface area contributed by atoms with Crippen molar-refractivity contribution < 1.29 is 38.5 Å². The number of rotatable bonds is 10. The Morgan fingerprint density at radius 1 is 0.696 bits per heavy atom. The number of nitrogens with one attached hydrogen (secondary N) is 2. The first-order valence-electron chi connectivity index (χ1n) is 6.61. The summed E-state index contributed by atoms with van der Waals surface area (Å²) in [7, 11) is -9.28. The third kappa shape index (κ3) is 89.9. The Labute approximate surface area is 136 Å². The SMILES string of the molecule is C=CCNCCCCCNCC=C.O=P(O)(O)O.O=P(O)(O)O. The maximum Gasteiger partial charge on any atom is 0.466 e. The third-order valence-electron chi connectivity index (χ3n) is 1.78. The fourth-order valence-corrected chi connectivity index (χ4v) is 1.09. The van der Waals surface area contributed by atoms with Gasteiger partial charge < -0.3 is 40.0 Å². The summed E-state index contributed by atoms with van der Waals surface area (Å²) in [6.07, 6.45) is 7.58. The zero-order chi connectivity index (χ0) is 18.8. The van der Waals surface area contributed by atoms with Gasteiger partial charge in [0.2, 0.25) is 0 Å². The molecule has 10 nitrogen and oxygen atoms in total.